The zero-order valence-corrected chi connectivity index (χ0v) is 13.7. The lowest BCUT2D eigenvalue weighted by atomic mass is 10.1. The Balaban J connectivity index is 1.62. The van der Waals surface area contributed by atoms with E-state index in [4.69, 9.17) is 9.10 Å². The van der Waals surface area contributed by atoms with E-state index in [2.05, 4.69) is 29.7 Å². The summed E-state index contributed by atoms with van der Waals surface area (Å²) in [6.45, 7) is 1.84. The molecule has 0 saturated heterocycles. The van der Waals surface area contributed by atoms with E-state index in [9.17, 15) is 0 Å². The van der Waals surface area contributed by atoms with Gasteiger partial charge in [-0.25, -0.2) is 4.98 Å². The van der Waals surface area contributed by atoms with Crippen LogP contribution >= 0.6 is 0 Å². The van der Waals surface area contributed by atoms with Crippen LogP contribution in [-0.4, -0.2) is 27.6 Å². The standard InChI is InChI=1S/C20H20N4/c1-13-10-15-11-20-21-16-6-4-5-7-17(16)24(20)19(15)12-18(13)23-9-8-22(3)14(23)2/h4-10,12,14H,11H2,1-3H3/t14-/m0/s1/i3D3. The molecule has 1 aromatic heterocycles. The van der Waals surface area contributed by atoms with E-state index in [-0.39, 0.29) is 6.17 Å². The molecular formula is C20H20N4. The summed E-state index contributed by atoms with van der Waals surface area (Å²) in [7, 11) is 0. The van der Waals surface area contributed by atoms with Crippen molar-refractivity contribution in [3.63, 3.8) is 0 Å². The van der Waals surface area contributed by atoms with Crippen molar-refractivity contribution in [2.24, 2.45) is 0 Å². The number of para-hydroxylation sites is 2. The van der Waals surface area contributed by atoms with Crippen molar-refractivity contribution in [1.82, 2.24) is 14.5 Å². The first kappa shape index (κ1) is 10.9. The number of nitrogens with zero attached hydrogens (tertiary/aromatic N) is 4. The summed E-state index contributed by atoms with van der Waals surface area (Å²) in [5.41, 5.74) is 6.65. The first-order chi connectivity index (χ1) is 12.8. The predicted molar refractivity (Wildman–Crippen MR) is 97.5 cm³/mol. The molecule has 0 amide bonds. The molecule has 4 nitrogen and oxygen atoms in total. The van der Waals surface area contributed by atoms with E-state index in [1.54, 1.807) is 6.20 Å². The fraction of sp³-hybridized carbons (Fsp3) is 0.250. The Labute approximate surface area is 145 Å². The quantitative estimate of drug-likeness (QED) is 0.533. The molecule has 4 heteroatoms. The molecule has 3 heterocycles. The number of hydrogen-bond donors (Lipinski definition) is 0. The van der Waals surface area contributed by atoms with Gasteiger partial charge in [0, 0.05) is 35.6 Å². The Morgan fingerprint density at radius 1 is 1.17 bits per heavy atom. The number of benzene rings is 2. The zero-order valence-electron chi connectivity index (χ0n) is 16.7. The third kappa shape index (κ3) is 1.71. The van der Waals surface area contributed by atoms with Crippen LogP contribution in [0.15, 0.2) is 48.8 Å². The highest BCUT2D eigenvalue weighted by Gasteiger charge is 2.27. The van der Waals surface area contributed by atoms with Crippen molar-refractivity contribution in [1.29, 1.82) is 0 Å². The summed E-state index contributed by atoms with van der Waals surface area (Å²) in [6, 6.07) is 12.5. The first-order valence-electron chi connectivity index (χ1n) is 9.70. The lowest BCUT2D eigenvalue weighted by Gasteiger charge is -2.29. The molecule has 3 aromatic rings. The lowest BCUT2D eigenvalue weighted by Crippen LogP contribution is -2.33. The van der Waals surface area contributed by atoms with E-state index in [1.807, 2.05) is 36.2 Å². The maximum atomic E-state index is 7.72. The van der Waals surface area contributed by atoms with Crippen LogP contribution in [0, 0.1) is 6.92 Å². The minimum absolute atomic E-state index is 0.269. The molecule has 0 bridgehead atoms. The summed E-state index contributed by atoms with van der Waals surface area (Å²) in [5.74, 6) is 1.05. The lowest BCUT2D eigenvalue weighted by molar-refractivity contribution is 0.383. The van der Waals surface area contributed by atoms with Gasteiger partial charge in [0.1, 0.15) is 12.0 Å². The van der Waals surface area contributed by atoms with Crippen LogP contribution in [0.4, 0.5) is 5.69 Å². The second-order valence-corrected chi connectivity index (χ2v) is 6.54. The molecule has 24 heavy (non-hydrogen) atoms. The summed E-state index contributed by atoms with van der Waals surface area (Å²) in [6.07, 6.45) is 4.06. The molecule has 0 saturated carbocycles. The van der Waals surface area contributed by atoms with Crippen molar-refractivity contribution in [2.75, 3.05) is 11.9 Å². The van der Waals surface area contributed by atoms with E-state index in [0.29, 0.717) is 0 Å². The van der Waals surface area contributed by atoms with Gasteiger partial charge in [0.2, 0.25) is 0 Å². The second kappa shape index (κ2) is 4.63. The molecule has 2 aromatic carbocycles. The van der Waals surface area contributed by atoms with Crippen molar-refractivity contribution < 1.29 is 4.11 Å². The van der Waals surface area contributed by atoms with Gasteiger partial charge in [0.25, 0.3) is 0 Å². The highest BCUT2D eigenvalue weighted by atomic mass is 15.4. The zero-order chi connectivity index (χ0) is 18.9. The second-order valence-electron chi connectivity index (χ2n) is 6.54. The Kier molecular flexibility index (Phi) is 2.11. The third-order valence-corrected chi connectivity index (χ3v) is 5.09. The van der Waals surface area contributed by atoms with E-state index in [1.165, 1.54) is 10.5 Å². The molecular weight excluding hydrogens is 296 g/mol. The van der Waals surface area contributed by atoms with Gasteiger partial charge < -0.3 is 9.80 Å². The monoisotopic (exact) mass is 319 g/mol. The van der Waals surface area contributed by atoms with Crippen LogP contribution in [0.2, 0.25) is 0 Å². The van der Waals surface area contributed by atoms with Gasteiger partial charge >= 0.3 is 0 Å². The molecule has 120 valence electrons. The Hall–Kier alpha value is -2.75. The number of fused-ring (bicyclic) bond motifs is 5. The largest absolute Gasteiger partial charge is 0.359 e. The molecule has 0 spiro atoms. The van der Waals surface area contributed by atoms with Gasteiger partial charge in [-0.15, -0.1) is 0 Å². The van der Waals surface area contributed by atoms with Crippen molar-refractivity contribution in [3.8, 4) is 5.69 Å². The topological polar surface area (TPSA) is 24.3 Å². The molecule has 1 atom stereocenters. The van der Waals surface area contributed by atoms with Crippen molar-refractivity contribution >= 4 is 16.7 Å². The Bertz CT molecular complexity index is 1100. The SMILES string of the molecule is [2H]C([2H])([2H])N1C=CN(c2cc3c(cc2C)Cc2nc4ccccc4n2-3)[C@H]1C. The fourth-order valence-electron chi connectivity index (χ4n) is 3.82. The van der Waals surface area contributed by atoms with Gasteiger partial charge in [-0.1, -0.05) is 18.2 Å². The summed E-state index contributed by atoms with van der Waals surface area (Å²) in [5, 5.41) is 0. The number of anilines is 1. The molecule has 2 aliphatic rings. The minimum Gasteiger partial charge on any atom is -0.359 e. The van der Waals surface area contributed by atoms with Crippen LogP contribution in [0.25, 0.3) is 16.7 Å². The first-order valence-corrected chi connectivity index (χ1v) is 8.20. The van der Waals surface area contributed by atoms with Crippen LogP contribution in [0.1, 0.15) is 28.0 Å². The summed E-state index contributed by atoms with van der Waals surface area (Å²) < 4.78 is 25.4. The van der Waals surface area contributed by atoms with Gasteiger partial charge in [0.15, 0.2) is 0 Å². The average Bonchev–Trinajstić information content (AvgIpc) is 3.24. The Morgan fingerprint density at radius 3 is 2.88 bits per heavy atom. The number of rotatable bonds is 1. The number of aryl methyl sites for hydroxylation is 1. The molecule has 5 rings (SSSR count). The van der Waals surface area contributed by atoms with Crippen molar-refractivity contribution in [2.45, 2.75) is 26.4 Å². The van der Waals surface area contributed by atoms with Gasteiger partial charge in [-0.2, -0.15) is 0 Å². The molecule has 0 aliphatic carbocycles. The smallest absolute Gasteiger partial charge is 0.118 e. The predicted octanol–water partition coefficient (Wildman–Crippen LogP) is 3.81. The minimum atomic E-state index is -2.15. The number of hydrogen-bond acceptors (Lipinski definition) is 3. The van der Waals surface area contributed by atoms with E-state index in [0.717, 1.165) is 40.2 Å². The maximum Gasteiger partial charge on any atom is 0.118 e. The maximum absolute atomic E-state index is 7.72. The van der Waals surface area contributed by atoms with Crippen LogP contribution in [0.5, 0.6) is 0 Å². The molecule has 0 unspecified atom stereocenters. The van der Waals surface area contributed by atoms with Crippen LogP contribution in [-0.2, 0) is 6.42 Å². The fourth-order valence-corrected chi connectivity index (χ4v) is 3.82. The van der Waals surface area contributed by atoms with Crippen LogP contribution in [0.3, 0.4) is 0 Å². The molecule has 0 N–H and O–H groups in total. The molecule has 0 radical (unpaired) electrons. The average molecular weight is 319 g/mol. The van der Waals surface area contributed by atoms with Gasteiger partial charge in [0.05, 0.1) is 16.7 Å². The van der Waals surface area contributed by atoms with Gasteiger partial charge in [-0.05, 0) is 43.2 Å². The highest BCUT2D eigenvalue weighted by molar-refractivity contribution is 5.81. The summed E-state index contributed by atoms with van der Waals surface area (Å²) in [4.78, 5) is 8.22. The highest BCUT2D eigenvalue weighted by Crippen LogP contribution is 2.37. The number of aromatic nitrogens is 2. The van der Waals surface area contributed by atoms with Crippen LogP contribution < -0.4 is 4.90 Å². The Morgan fingerprint density at radius 2 is 2.04 bits per heavy atom. The third-order valence-electron chi connectivity index (χ3n) is 5.09. The van der Waals surface area contributed by atoms with Gasteiger partial charge in [-0.3, -0.25) is 4.57 Å². The van der Waals surface area contributed by atoms with Crippen molar-refractivity contribution in [3.05, 3.63) is 65.7 Å². The molecule has 2 aliphatic heterocycles. The van der Waals surface area contributed by atoms with E-state index >= 15 is 0 Å². The normalized spacial score (nSPS) is 20.9. The molecule has 0 fully saturated rings. The number of imidazole rings is 1. The van der Waals surface area contributed by atoms with E-state index < -0.39 is 6.98 Å². The summed E-state index contributed by atoms with van der Waals surface area (Å²) >= 11 is 0.